The number of carbonyl (C=O) groups excluding carboxylic acids is 1. The highest BCUT2D eigenvalue weighted by atomic mass is 79.9. The highest BCUT2D eigenvalue weighted by Crippen LogP contribution is 2.26. The Morgan fingerprint density at radius 1 is 1.64 bits per heavy atom. The first-order chi connectivity index (χ1) is 6.60. The summed E-state index contributed by atoms with van der Waals surface area (Å²) in [7, 11) is 0. The molecule has 1 rings (SSSR count). The largest absolute Gasteiger partial charge is 0.298 e. The van der Waals surface area contributed by atoms with Crippen molar-refractivity contribution in [3.05, 3.63) is 28.0 Å². The van der Waals surface area contributed by atoms with E-state index in [4.69, 9.17) is 11.6 Å². The Balaban J connectivity index is 3.39. The van der Waals surface area contributed by atoms with Gasteiger partial charge in [-0.15, -0.1) is 0 Å². The van der Waals surface area contributed by atoms with E-state index < -0.39 is 12.1 Å². The number of pyridine rings is 1. The Morgan fingerprint density at radius 2 is 2.29 bits per heavy atom. The van der Waals surface area contributed by atoms with Crippen LogP contribution < -0.4 is 0 Å². The standard InChI is InChI=1S/C8H5BrClF2NO/c9-2-4-1-6(10)13-7(8(11)12)5(4)3-14/h1,3,8H,2H2. The molecule has 0 amide bonds. The van der Waals surface area contributed by atoms with Crippen molar-refractivity contribution in [3.63, 3.8) is 0 Å². The van der Waals surface area contributed by atoms with Crippen molar-refractivity contribution in [2.24, 2.45) is 0 Å². The fourth-order valence-corrected chi connectivity index (χ4v) is 1.69. The topological polar surface area (TPSA) is 30.0 Å². The van der Waals surface area contributed by atoms with Gasteiger partial charge in [0.2, 0.25) is 0 Å². The summed E-state index contributed by atoms with van der Waals surface area (Å²) in [5, 5.41) is 0.239. The third-order valence-electron chi connectivity index (χ3n) is 1.61. The van der Waals surface area contributed by atoms with Gasteiger partial charge in [0.1, 0.15) is 10.8 Å². The maximum Gasteiger partial charge on any atom is 0.281 e. The van der Waals surface area contributed by atoms with E-state index in [0.29, 0.717) is 11.8 Å². The molecule has 0 fully saturated rings. The number of rotatable bonds is 3. The van der Waals surface area contributed by atoms with Gasteiger partial charge in [0.25, 0.3) is 6.43 Å². The molecule has 2 nitrogen and oxygen atoms in total. The normalized spacial score (nSPS) is 10.6. The fraction of sp³-hybridized carbons (Fsp3) is 0.250. The monoisotopic (exact) mass is 283 g/mol. The maximum absolute atomic E-state index is 12.4. The SMILES string of the molecule is O=Cc1c(CBr)cc(Cl)nc1C(F)F. The first-order valence-corrected chi connectivity index (χ1v) is 5.08. The molecule has 1 heterocycles. The molecule has 0 radical (unpaired) electrons. The van der Waals surface area contributed by atoms with Crippen LogP contribution in [-0.4, -0.2) is 11.3 Å². The molecule has 0 unspecified atom stereocenters. The number of hydrogen-bond donors (Lipinski definition) is 0. The molecular formula is C8H5BrClF2NO. The van der Waals surface area contributed by atoms with Gasteiger partial charge in [-0.3, -0.25) is 4.79 Å². The van der Waals surface area contributed by atoms with Crippen molar-refractivity contribution in [3.8, 4) is 0 Å². The Hall–Kier alpha value is -0.550. The molecule has 0 aliphatic heterocycles. The quantitative estimate of drug-likeness (QED) is 0.484. The van der Waals surface area contributed by atoms with Gasteiger partial charge in [-0.25, -0.2) is 13.8 Å². The summed E-state index contributed by atoms with van der Waals surface area (Å²) in [6.45, 7) is 0. The van der Waals surface area contributed by atoms with Crippen LogP contribution in [0.1, 0.15) is 28.0 Å². The molecule has 0 aliphatic rings. The maximum atomic E-state index is 12.4. The van der Waals surface area contributed by atoms with Crippen molar-refractivity contribution in [1.82, 2.24) is 4.98 Å². The molecule has 76 valence electrons. The van der Waals surface area contributed by atoms with Crippen molar-refractivity contribution in [2.75, 3.05) is 0 Å². The van der Waals surface area contributed by atoms with E-state index in [1.54, 1.807) is 0 Å². The zero-order chi connectivity index (χ0) is 10.7. The van der Waals surface area contributed by atoms with Crippen LogP contribution in [0.5, 0.6) is 0 Å². The van der Waals surface area contributed by atoms with Crippen LogP contribution in [-0.2, 0) is 5.33 Å². The highest BCUT2D eigenvalue weighted by molar-refractivity contribution is 9.08. The molecular weight excluding hydrogens is 279 g/mol. The van der Waals surface area contributed by atoms with Crippen LogP contribution >= 0.6 is 27.5 Å². The van der Waals surface area contributed by atoms with Crippen LogP contribution in [0.3, 0.4) is 0 Å². The summed E-state index contributed by atoms with van der Waals surface area (Å²) in [4.78, 5) is 14.0. The lowest BCUT2D eigenvalue weighted by Gasteiger charge is -2.07. The predicted molar refractivity (Wildman–Crippen MR) is 52.2 cm³/mol. The second-order valence-corrected chi connectivity index (χ2v) is 3.40. The van der Waals surface area contributed by atoms with Gasteiger partial charge >= 0.3 is 0 Å². The molecule has 1 aromatic heterocycles. The molecule has 0 saturated carbocycles. The van der Waals surface area contributed by atoms with Crippen molar-refractivity contribution in [1.29, 1.82) is 0 Å². The van der Waals surface area contributed by atoms with Gasteiger partial charge in [-0.2, -0.15) is 0 Å². The fourth-order valence-electron chi connectivity index (χ4n) is 1.01. The predicted octanol–water partition coefficient (Wildman–Crippen LogP) is 3.38. The molecule has 0 aliphatic carbocycles. The molecule has 14 heavy (non-hydrogen) atoms. The molecule has 0 N–H and O–H groups in total. The Kier molecular flexibility index (Phi) is 3.95. The smallest absolute Gasteiger partial charge is 0.281 e. The summed E-state index contributed by atoms with van der Waals surface area (Å²) in [6, 6.07) is 1.38. The second kappa shape index (κ2) is 4.79. The number of aldehydes is 1. The average Bonchev–Trinajstić information content (AvgIpc) is 2.16. The molecule has 0 aromatic carbocycles. The van der Waals surface area contributed by atoms with Crippen LogP contribution in [0, 0.1) is 0 Å². The second-order valence-electron chi connectivity index (χ2n) is 2.46. The average molecular weight is 284 g/mol. The molecule has 0 saturated heterocycles. The van der Waals surface area contributed by atoms with Gasteiger partial charge in [0.05, 0.1) is 0 Å². The van der Waals surface area contributed by atoms with Crippen LogP contribution in [0.25, 0.3) is 0 Å². The number of hydrogen-bond acceptors (Lipinski definition) is 2. The molecule has 0 atom stereocenters. The van der Waals surface area contributed by atoms with Gasteiger partial charge in [-0.1, -0.05) is 27.5 Å². The minimum absolute atomic E-state index is 0.0413. The first kappa shape index (κ1) is 11.5. The highest BCUT2D eigenvalue weighted by Gasteiger charge is 2.18. The lowest BCUT2D eigenvalue weighted by atomic mass is 10.1. The third-order valence-corrected chi connectivity index (χ3v) is 2.41. The van der Waals surface area contributed by atoms with Gasteiger partial charge < -0.3 is 0 Å². The first-order valence-electron chi connectivity index (χ1n) is 3.58. The zero-order valence-corrected chi connectivity index (χ0v) is 9.15. The van der Waals surface area contributed by atoms with E-state index in [-0.39, 0.29) is 16.0 Å². The van der Waals surface area contributed by atoms with E-state index >= 15 is 0 Å². The van der Waals surface area contributed by atoms with Crippen LogP contribution in [0.2, 0.25) is 5.15 Å². The summed E-state index contributed by atoms with van der Waals surface area (Å²) in [6.07, 6.45) is -2.44. The molecule has 0 bridgehead atoms. The van der Waals surface area contributed by atoms with Gasteiger partial charge in [0, 0.05) is 10.9 Å². The molecule has 0 spiro atoms. The number of aromatic nitrogens is 1. The molecule has 6 heteroatoms. The zero-order valence-electron chi connectivity index (χ0n) is 6.81. The van der Waals surface area contributed by atoms with Crippen LogP contribution in [0.15, 0.2) is 6.07 Å². The number of halogens is 4. The van der Waals surface area contributed by atoms with Crippen molar-refractivity contribution in [2.45, 2.75) is 11.8 Å². The number of nitrogens with zero attached hydrogens (tertiary/aromatic N) is 1. The number of carbonyl (C=O) groups is 1. The Morgan fingerprint density at radius 3 is 2.71 bits per heavy atom. The lowest BCUT2D eigenvalue weighted by Crippen LogP contribution is -2.02. The van der Waals surface area contributed by atoms with E-state index in [1.807, 2.05) is 0 Å². The molecule has 1 aromatic rings. The van der Waals surface area contributed by atoms with Gasteiger partial charge in [-0.05, 0) is 11.6 Å². The van der Waals surface area contributed by atoms with Gasteiger partial charge in [0.15, 0.2) is 6.29 Å². The van der Waals surface area contributed by atoms with E-state index in [9.17, 15) is 13.6 Å². The Labute approximate surface area is 92.4 Å². The van der Waals surface area contributed by atoms with E-state index in [0.717, 1.165) is 0 Å². The number of alkyl halides is 3. The van der Waals surface area contributed by atoms with E-state index in [2.05, 4.69) is 20.9 Å². The van der Waals surface area contributed by atoms with E-state index in [1.165, 1.54) is 6.07 Å². The minimum atomic E-state index is -2.80. The minimum Gasteiger partial charge on any atom is -0.298 e. The summed E-state index contributed by atoms with van der Waals surface area (Å²) in [5.74, 6) is 0. The lowest BCUT2D eigenvalue weighted by molar-refractivity contribution is 0.110. The summed E-state index contributed by atoms with van der Waals surface area (Å²) < 4.78 is 24.8. The van der Waals surface area contributed by atoms with Crippen molar-refractivity contribution >= 4 is 33.8 Å². The third kappa shape index (κ3) is 2.27. The van der Waals surface area contributed by atoms with Crippen LogP contribution in [0.4, 0.5) is 8.78 Å². The van der Waals surface area contributed by atoms with Crippen molar-refractivity contribution < 1.29 is 13.6 Å². The Bertz CT molecular complexity index is 359. The summed E-state index contributed by atoms with van der Waals surface area (Å²) >= 11 is 8.60. The summed E-state index contributed by atoms with van der Waals surface area (Å²) in [5.41, 5.74) is -0.251.